The quantitative estimate of drug-likeness (QED) is 0.473. The maximum Gasteiger partial charge on any atom is 0.415 e. The van der Waals surface area contributed by atoms with E-state index in [9.17, 15) is 14.0 Å². The van der Waals surface area contributed by atoms with Crippen LogP contribution in [0.5, 0.6) is 5.75 Å². The normalized spacial score (nSPS) is 19.9. The highest BCUT2D eigenvalue weighted by Gasteiger charge is 2.42. The summed E-state index contributed by atoms with van der Waals surface area (Å²) < 4.78 is 18.8. The fourth-order valence-corrected chi connectivity index (χ4v) is 5.37. The Morgan fingerprint density at radius 2 is 1.66 bits per heavy atom. The zero-order valence-corrected chi connectivity index (χ0v) is 21.8. The lowest BCUT2D eigenvalue weighted by Crippen LogP contribution is -2.45. The van der Waals surface area contributed by atoms with E-state index in [1.54, 1.807) is 25.5 Å². The van der Waals surface area contributed by atoms with Crippen molar-refractivity contribution >= 4 is 29.5 Å². The summed E-state index contributed by atoms with van der Waals surface area (Å²) in [6.07, 6.45) is 4.31. The number of benzene rings is 2. The Balaban J connectivity index is 1.29. The summed E-state index contributed by atoms with van der Waals surface area (Å²) in [5, 5.41) is 0.620. The highest BCUT2D eigenvalue weighted by molar-refractivity contribution is 6.30. The Morgan fingerprint density at radius 3 is 2.32 bits per heavy atom. The third kappa shape index (κ3) is 5.72. The van der Waals surface area contributed by atoms with E-state index in [0.29, 0.717) is 50.0 Å². The first kappa shape index (κ1) is 25.9. The van der Waals surface area contributed by atoms with Gasteiger partial charge in [0.2, 0.25) is 11.9 Å². The van der Waals surface area contributed by atoms with Crippen LogP contribution in [0.3, 0.4) is 0 Å². The van der Waals surface area contributed by atoms with Crippen LogP contribution >= 0.6 is 11.6 Å². The molecule has 2 aliphatic rings. The number of piperidine rings is 1. The molecule has 2 saturated heterocycles. The molecule has 0 spiro atoms. The van der Waals surface area contributed by atoms with Crippen LogP contribution in [-0.4, -0.2) is 71.0 Å². The van der Waals surface area contributed by atoms with E-state index in [1.807, 2.05) is 29.2 Å². The molecule has 0 bridgehead atoms. The molecule has 2 atom stereocenters. The molecule has 0 radical (unpaired) electrons. The van der Waals surface area contributed by atoms with Crippen molar-refractivity contribution in [2.45, 2.75) is 24.8 Å². The Labute approximate surface area is 226 Å². The van der Waals surface area contributed by atoms with Gasteiger partial charge in [-0.3, -0.25) is 4.79 Å². The van der Waals surface area contributed by atoms with Crippen molar-refractivity contribution in [3.8, 4) is 5.75 Å². The number of amides is 2. The van der Waals surface area contributed by atoms with Gasteiger partial charge in [0.15, 0.2) is 0 Å². The maximum atomic E-state index is 13.6. The summed E-state index contributed by atoms with van der Waals surface area (Å²) >= 11 is 6.12. The molecule has 38 heavy (non-hydrogen) atoms. The fraction of sp³-hybridized carbons (Fsp3) is 0.357. The first-order valence-corrected chi connectivity index (χ1v) is 13.0. The predicted octanol–water partition coefficient (Wildman–Crippen LogP) is 4.61. The molecule has 2 amide bonds. The first-order chi connectivity index (χ1) is 18.4. The number of rotatable bonds is 5. The predicted molar refractivity (Wildman–Crippen MR) is 142 cm³/mol. The SMILES string of the molecule is CN(C(=O)Oc1ccc(F)cc1)[C@@H]1CN(C(=O)C2CCN(c3ncccn3)CC2)C[C@H]1c1ccc(Cl)cc1. The van der Waals surface area contributed by atoms with Gasteiger partial charge in [0.05, 0.1) is 6.04 Å². The van der Waals surface area contributed by atoms with Gasteiger partial charge in [-0.25, -0.2) is 19.2 Å². The highest BCUT2D eigenvalue weighted by atomic mass is 35.5. The molecule has 0 N–H and O–H groups in total. The van der Waals surface area contributed by atoms with E-state index in [-0.39, 0.29) is 29.5 Å². The number of likely N-dealkylation sites (N-methyl/N-ethyl adjacent to an activating group) is 1. The molecule has 0 unspecified atom stereocenters. The fourth-order valence-electron chi connectivity index (χ4n) is 5.25. The summed E-state index contributed by atoms with van der Waals surface area (Å²) in [4.78, 5) is 40.8. The van der Waals surface area contributed by atoms with Gasteiger partial charge in [-0.1, -0.05) is 23.7 Å². The van der Waals surface area contributed by atoms with E-state index in [1.165, 1.54) is 29.2 Å². The van der Waals surface area contributed by atoms with Gasteiger partial charge >= 0.3 is 6.09 Å². The van der Waals surface area contributed by atoms with Gasteiger partial charge in [-0.05, 0) is 60.9 Å². The Kier molecular flexibility index (Phi) is 7.74. The van der Waals surface area contributed by atoms with Gasteiger partial charge < -0.3 is 19.4 Å². The van der Waals surface area contributed by atoms with Crippen LogP contribution in [0.25, 0.3) is 0 Å². The number of ether oxygens (including phenoxy) is 1. The van der Waals surface area contributed by atoms with Crippen LogP contribution in [-0.2, 0) is 4.79 Å². The summed E-state index contributed by atoms with van der Waals surface area (Å²) in [5.74, 6) is 0.416. The van der Waals surface area contributed by atoms with Crippen LogP contribution in [0.2, 0.25) is 5.02 Å². The lowest BCUT2D eigenvalue weighted by atomic mass is 9.93. The molecule has 0 saturated carbocycles. The zero-order valence-electron chi connectivity index (χ0n) is 21.0. The van der Waals surface area contributed by atoms with Crippen LogP contribution in [0.15, 0.2) is 67.0 Å². The number of anilines is 1. The number of hydrogen-bond donors (Lipinski definition) is 0. The summed E-state index contributed by atoms with van der Waals surface area (Å²) in [5.41, 5.74) is 0.993. The molecule has 2 fully saturated rings. The standard InChI is InChI=1S/C28H29ClFN5O3/c1-33(28(37)38-23-9-7-22(30)8-10-23)25-18-35(17-24(25)19-3-5-21(29)6-4-19)26(36)20-11-15-34(16-12-20)27-31-13-2-14-32-27/h2-10,13-14,20,24-25H,11-12,15-18H2,1H3/t24-,25+/m0/s1. The maximum absolute atomic E-state index is 13.6. The van der Waals surface area contributed by atoms with E-state index < -0.39 is 11.9 Å². The number of carbonyl (C=O) groups is 2. The van der Waals surface area contributed by atoms with Crippen LogP contribution in [0.4, 0.5) is 15.1 Å². The third-order valence-corrected chi connectivity index (χ3v) is 7.63. The number of aromatic nitrogens is 2. The average molecular weight is 538 g/mol. The van der Waals surface area contributed by atoms with Crippen LogP contribution in [0.1, 0.15) is 24.3 Å². The van der Waals surface area contributed by atoms with Crippen molar-refractivity contribution in [3.05, 3.63) is 83.4 Å². The molecule has 3 aromatic rings. The number of halogens is 2. The zero-order chi connectivity index (χ0) is 26.6. The minimum absolute atomic E-state index is 0.0976. The first-order valence-electron chi connectivity index (χ1n) is 12.7. The molecule has 5 rings (SSSR count). The van der Waals surface area contributed by atoms with Crippen molar-refractivity contribution < 1.29 is 18.7 Å². The minimum Gasteiger partial charge on any atom is -0.410 e. The minimum atomic E-state index is -0.564. The van der Waals surface area contributed by atoms with E-state index in [4.69, 9.17) is 16.3 Å². The largest absolute Gasteiger partial charge is 0.415 e. The van der Waals surface area contributed by atoms with Gasteiger partial charge in [0, 0.05) is 62.5 Å². The molecule has 10 heteroatoms. The Morgan fingerprint density at radius 1 is 1.00 bits per heavy atom. The molecular formula is C28H29ClFN5O3. The lowest BCUT2D eigenvalue weighted by Gasteiger charge is -2.33. The van der Waals surface area contributed by atoms with Gasteiger partial charge in [0.1, 0.15) is 11.6 Å². The van der Waals surface area contributed by atoms with Crippen molar-refractivity contribution in [1.82, 2.24) is 19.8 Å². The number of carbonyl (C=O) groups excluding carboxylic acids is 2. The molecule has 8 nitrogen and oxygen atoms in total. The number of likely N-dealkylation sites (tertiary alicyclic amines) is 1. The third-order valence-electron chi connectivity index (χ3n) is 7.38. The summed E-state index contributed by atoms with van der Waals surface area (Å²) in [6.45, 7) is 2.30. The van der Waals surface area contributed by atoms with Crippen molar-refractivity contribution in [3.63, 3.8) is 0 Å². The smallest absolute Gasteiger partial charge is 0.410 e. The molecule has 198 valence electrons. The monoisotopic (exact) mass is 537 g/mol. The molecule has 2 aliphatic heterocycles. The summed E-state index contributed by atoms with van der Waals surface area (Å²) in [6, 6.07) is 14.3. The second-order valence-corrected chi connectivity index (χ2v) is 10.1. The van der Waals surface area contributed by atoms with Crippen molar-refractivity contribution in [2.24, 2.45) is 5.92 Å². The molecule has 0 aliphatic carbocycles. The van der Waals surface area contributed by atoms with Gasteiger partial charge in [0.25, 0.3) is 0 Å². The number of hydrogen-bond acceptors (Lipinski definition) is 6. The molecule has 3 heterocycles. The highest BCUT2D eigenvalue weighted by Crippen LogP contribution is 2.34. The van der Waals surface area contributed by atoms with E-state index in [2.05, 4.69) is 14.9 Å². The second-order valence-electron chi connectivity index (χ2n) is 9.71. The van der Waals surface area contributed by atoms with E-state index >= 15 is 0 Å². The Bertz CT molecular complexity index is 1250. The molecule has 1 aromatic heterocycles. The van der Waals surface area contributed by atoms with E-state index in [0.717, 1.165) is 5.56 Å². The average Bonchev–Trinajstić information content (AvgIpc) is 3.40. The van der Waals surface area contributed by atoms with Crippen LogP contribution < -0.4 is 9.64 Å². The molecular weight excluding hydrogens is 509 g/mol. The summed E-state index contributed by atoms with van der Waals surface area (Å²) in [7, 11) is 1.67. The Hall–Kier alpha value is -3.72. The number of nitrogens with zero attached hydrogens (tertiary/aromatic N) is 5. The van der Waals surface area contributed by atoms with Crippen molar-refractivity contribution in [1.29, 1.82) is 0 Å². The van der Waals surface area contributed by atoms with Gasteiger partial charge in [-0.2, -0.15) is 0 Å². The van der Waals surface area contributed by atoms with Gasteiger partial charge in [-0.15, -0.1) is 0 Å². The molecule has 2 aromatic carbocycles. The van der Waals surface area contributed by atoms with Crippen molar-refractivity contribution in [2.75, 3.05) is 38.1 Å². The van der Waals surface area contributed by atoms with Crippen LogP contribution in [0, 0.1) is 11.7 Å². The lowest BCUT2D eigenvalue weighted by molar-refractivity contribution is -0.135. The second kappa shape index (κ2) is 11.3. The topological polar surface area (TPSA) is 78.9 Å².